The van der Waals surface area contributed by atoms with Crippen LogP contribution in [0.1, 0.15) is 55.6 Å². The van der Waals surface area contributed by atoms with Gasteiger partial charge in [0.2, 0.25) is 0 Å². The molecule has 1 heterocycles. The molecule has 2 aromatic rings. The number of halogens is 2. The first-order chi connectivity index (χ1) is 16.0. The lowest BCUT2D eigenvalue weighted by Crippen LogP contribution is -2.47. The van der Waals surface area contributed by atoms with Crippen LogP contribution in [0.15, 0.2) is 42.5 Å². The summed E-state index contributed by atoms with van der Waals surface area (Å²) < 4.78 is 0. The molecule has 5 nitrogen and oxygen atoms in total. The van der Waals surface area contributed by atoms with E-state index in [4.69, 9.17) is 23.2 Å². The summed E-state index contributed by atoms with van der Waals surface area (Å²) in [5, 5.41) is 13.1. The molecule has 0 bridgehead atoms. The predicted molar refractivity (Wildman–Crippen MR) is 134 cm³/mol. The van der Waals surface area contributed by atoms with E-state index < -0.39 is 0 Å². The van der Waals surface area contributed by atoms with Gasteiger partial charge in [-0.25, -0.2) is 4.79 Å². The molecule has 0 unspecified atom stereocenters. The molecule has 33 heavy (non-hydrogen) atoms. The van der Waals surface area contributed by atoms with Gasteiger partial charge in [-0.3, -0.25) is 0 Å². The number of hydrogen-bond donors (Lipinski definition) is 1. The van der Waals surface area contributed by atoms with Gasteiger partial charge in [0.15, 0.2) is 0 Å². The second-order valence-corrected chi connectivity index (χ2v) is 9.86. The van der Waals surface area contributed by atoms with Gasteiger partial charge in [-0.1, -0.05) is 35.3 Å². The molecule has 2 fully saturated rings. The summed E-state index contributed by atoms with van der Waals surface area (Å²) in [5.41, 5.74) is 2.60. The summed E-state index contributed by atoms with van der Waals surface area (Å²) in [6, 6.07) is 15.5. The summed E-state index contributed by atoms with van der Waals surface area (Å²) in [7, 11) is 0. The fraction of sp³-hybridized carbons (Fsp3) is 0.462. The average Bonchev–Trinajstić information content (AvgIpc) is 3.36. The molecule has 1 saturated heterocycles. The Morgan fingerprint density at radius 3 is 2.52 bits per heavy atom. The largest absolute Gasteiger partial charge is 0.322 e. The highest BCUT2D eigenvalue weighted by molar-refractivity contribution is 6.42. The zero-order valence-corrected chi connectivity index (χ0v) is 20.3. The number of carbonyl (C=O) groups excluding carboxylic acids is 1. The molecule has 174 valence electrons. The first-order valence-electron chi connectivity index (χ1n) is 11.8. The van der Waals surface area contributed by atoms with E-state index in [1.54, 1.807) is 18.2 Å². The molecular weight excluding hydrogens is 455 g/mol. The first kappa shape index (κ1) is 23.9. The van der Waals surface area contributed by atoms with Gasteiger partial charge in [-0.05, 0) is 93.4 Å². The number of nitrogens with one attached hydrogen (secondary N) is 1. The molecular formula is C26H30Cl2N4O. The molecule has 1 aliphatic carbocycles. The van der Waals surface area contributed by atoms with Crippen molar-refractivity contribution in [1.29, 1.82) is 5.26 Å². The highest BCUT2D eigenvalue weighted by Crippen LogP contribution is 2.35. The Morgan fingerprint density at radius 1 is 1.06 bits per heavy atom. The van der Waals surface area contributed by atoms with Gasteiger partial charge >= 0.3 is 6.03 Å². The molecule has 0 atom stereocenters. The van der Waals surface area contributed by atoms with E-state index in [0.29, 0.717) is 33.8 Å². The van der Waals surface area contributed by atoms with Gasteiger partial charge in [-0.15, -0.1) is 0 Å². The Morgan fingerprint density at radius 2 is 1.82 bits per heavy atom. The van der Waals surface area contributed by atoms with E-state index in [1.807, 2.05) is 23.1 Å². The maximum Gasteiger partial charge on any atom is 0.322 e. The smallest absolute Gasteiger partial charge is 0.320 e. The molecule has 2 amide bonds. The van der Waals surface area contributed by atoms with E-state index in [9.17, 15) is 10.1 Å². The molecule has 0 radical (unpaired) electrons. The number of amides is 2. The Bertz CT molecular complexity index is 1010. The highest BCUT2D eigenvalue weighted by atomic mass is 35.5. The lowest BCUT2D eigenvalue weighted by molar-refractivity contribution is 0.151. The summed E-state index contributed by atoms with van der Waals surface area (Å²) in [4.78, 5) is 17.8. The Labute approximate surface area is 206 Å². The normalized spacial score (nSPS) is 20.9. The van der Waals surface area contributed by atoms with Crippen LogP contribution in [-0.2, 0) is 0 Å². The quantitative estimate of drug-likeness (QED) is 0.507. The van der Waals surface area contributed by atoms with Crippen LogP contribution in [-0.4, -0.2) is 48.1 Å². The summed E-state index contributed by atoms with van der Waals surface area (Å²) >= 11 is 12.2. The zero-order chi connectivity index (χ0) is 23.2. The van der Waals surface area contributed by atoms with Crippen molar-refractivity contribution >= 4 is 34.9 Å². The maximum absolute atomic E-state index is 13.3. The van der Waals surface area contributed by atoms with Crippen molar-refractivity contribution in [3.63, 3.8) is 0 Å². The van der Waals surface area contributed by atoms with Crippen molar-refractivity contribution in [1.82, 2.24) is 9.80 Å². The number of carbonyl (C=O) groups is 1. The fourth-order valence-corrected chi connectivity index (χ4v) is 5.36. The number of benzene rings is 2. The third-order valence-electron chi connectivity index (χ3n) is 6.91. The second-order valence-electron chi connectivity index (χ2n) is 9.04. The summed E-state index contributed by atoms with van der Waals surface area (Å²) in [5.74, 6) is 0.438. The van der Waals surface area contributed by atoms with Crippen LogP contribution in [0.2, 0.25) is 10.0 Å². The van der Waals surface area contributed by atoms with Gasteiger partial charge < -0.3 is 15.1 Å². The van der Waals surface area contributed by atoms with E-state index in [0.717, 1.165) is 45.3 Å². The van der Waals surface area contributed by atoms with Gasteiger partial charge in [0, 0.05) is 24.8 Å². The SMILES string of the molecule is N#Cc1cccc([C@H]2CC[C@@H](N(CCN3CCCC3)C(=O)Nc3ccc(Cl)c(Cl)c3)CC2)c1. The maximum atomic E-state index is 13.3. The Kier molecular flexibility index (Phi) is 8.14. The van der Waals surface area contributed by atoms with E-state index in [2.05, 4.69) is 22.4 Å². The molecule has 0 spiro atoms. The molecule has 1 aliphatic heterocycles. The number of anilines is 1. The minimum Gasteiger partial charge on any atom is -0.320 e. The van der Waals surface area contributed by atoms with Crippen molar-refractivity contribution in [2.24, 2.45) is 0 Å². The predicted octanol–water partition coefficient (Wildman–Crippen LogP) is 6.52. The first-order valence-corrected chi connectivity index (χ1v) is 12.5. The molecule has 7 heteroatoms. The van der Waals surface area contributed by atoms with Crippen LogP contribution in [0.25, 0.3) is 0 Å². The Balaban J connectivity index is 1.43. The summed E-state index contributed by atoms with van der Waals surface area (Å²) in [6.07, 6.45) is 6.41. The molecule has 4 rings (SSSR count). The van der Waals surface area contributed by atoms with Crippen molar-refractivity contribution in [3.8, 4) is 6.07 Å². The average molecular weight is 485 g/mol. The van der Waals surface area contributed by atoms with Crippen molar-refractivity contribution in [2.75, 3.05) is 31.5 Å². The number of rotatable bonds is 6. The topological polar surface area (TPSA) is 59.4 Å². The number of nitriles is 1. The van der Waals surface area contributed by atoms with Crippen molar-refractivity contribution in [3.05, 3.63) is 63.6 Å². The van der Waals surface area contributed by atoms with Crippen LogP contribution in [0, 0.1) is 11.3 Å². The van der Waals surface area contributed by atoms with E-state index in [-0.39, 0.29) is 12.1 Å². The van der Waals surface area contributed by atoms with Crippen LogP contribution >= 0.6 is 23.2 Å². The van der Waals surface area contributed by atoms with Gasteiger partial charge in [0.1, 0.15) is 0 Å². The summed E-state index contributed by atoms with van der Waals surface area (Å²) in [6.45, 7) is 3.85. The van der Waals surface area contributed by atoms with Crippen molar-refractivity contribution < 1.29 is 4.79 Å². The molecule has 2 aromatic carbocycles. The van der Waals surface area contributed by atoms with E-state index >= 15 is 0 Å². The minimum absolute atomic E-state index is 0.0810. The number of likely N-dealkylation sites (tertiary alicyclic amines) is 1. The second kappa shape index (κ2) is 11.2. The molecule has 1 saturated carbocycles. The molecule has 0 aromatic heterocycles. The zero-order valence-electron chi connectivity index (χ0n) is 18.8. The fourth-order valence-electron chi connectivity index (χ4n) is 5.06. The van der Waals surface area contributed by atoms with E-state index in [1.165, 1.54) is 18.4 Å². The molecule has 1 N–H and O–H groups in total. The lowest BCUT2D eigenvalue weighted by atomic mass is 9.81. The van der Waals surface area contributed by atoms with Crippen LogP contribution in [0.5, 0.6) is 0 Å². The van der Waals surface area contributed by atoms with Crippen LogP contribution in [0.3, 0.4) is 0 Å². The van der Waals surface area contributed by atoms with Crippen molar-refractivity contribution in [2.45, 2.75) is 50.5 Å². The highest BCUT2D eigenvalue weighted by Gasteiger charge is 2.30. The van der Waals surface area contributed by atoms with Crippen LogP contribution in [0.4, 0.5) is 10.5 Å². The third-order valence-corrected chi connectivity index (χ3v) is 7.65. The molecule has 2 aliphatic rings. The Hall–Kier alpha value is -2.26. The number of nitrogens with zero attached hydrogens (tertiary/aromatic N) is 3. The number of urea groups is 1. The minimum atomic E-state index is -0.0810. The monoisotopic (exact) mass is 484 g/mol. The van der Waals surface area contributed by atoms with Crippen LogP contribution < -0.4 is 5.32 Å². The van der Waals surface area contributed by atoms with Gasteiger partial charge in [-0.2, -0.15) is 5.26 Å². The lowest BCUT2D eigenvalue weighted by Gasteiger charge is -2.38. The standard InChI is InChI=1S/C26H30Cl2N4O/c27-24-11-8-22(17-25(24)28)30-26(33)32(15-14-31-12-1-2-13-31)23-9-6-20(7-10-23)21-5-3-4-19(16-21)18-29/h3-5,8,11,16-17,20,23H,1-2,6-7,9-10,12-15H2,(H,30,33)/t20-,23+. The number of hydrogen-bond acceptors (Lipinski definition) is 3. The van der Waals surface area contributed by atoms with Gasteiger partial charge in [0.05, 0.1) is 21.7 Å². The van der Waals surface area contributed by atoms with Gasteiger partial charge in [0.25, 0.3) is 0 Å². The third kappa shape index (κ3) is 6.20.